The summed E-state index contributed by atoms with van der Waals surface area (Å²) in [5.41, 5.74) is 3.72. The van der Waals surface area contributed by atoms with Gasteiger partial charge < -0.3 is 5.32 Å². The molecule has 104 valence electrons. The van der Waals surface area contributed by atoms with Crippen molar-refractivity contribution < 1.29 is 9.59 Å². The lowest BCUT2D eigenvalue weighted by molar-refractivity contribution is -0.114. The van der Waals surface area contributed by atoms with Gasteiger partial charge in [-0.3, -0.25) is 9.59 Å². The second-order valence-corrected chi connectivity index (χ2v) is 5.18. The van der Waals surface area contributed by atoms with E-state index in [2.05, 4.69) is 5.32 Å². The number of ketones is 2. The van der Waals surface area contributed by atoms with E-state index in [0.29, 0.717) is 17.7 Å². The van der Waals surface area contributed by atoms with Crippen LogP contribution in [-0.2, 0) is 11.2 Å². The molecule has 21 heavy (non-hydrogen) atoms. The summed E-state index contributed by atoms with van der Waals surface area (Å²) >= 11 is 0. The number of fused-ring (bicyclic) bond motifs is 1. The topological polar surface area (TPSA) is 46.2 Å². The Morgan fingerprint density at radius 2 is 1.76 bits per heavy atom. The Balaban J connectivity index is 1.96. The van der Waals surface area contributed by atoms with Crippen molar-refractivity contribution >= 4 is 17.3 Å². The molecule has 0 saturated heterocycles. The highest BCUT2D eigenvalue weighted by Gasteiger charge is 2.19. The summed E-state index contributed by atoms with van der Waals surface area (Å²) in [5, 5.41) is 3.09. The van der Waals surface area contributed by atoms with Crippen LogP contribution in [0.4, 0.5) is 5.69 Å². The molecule has 0 aliphatic carbocycles. The molecule has 0 spiro atoms. The molecule has 3 rings (SSSR count). The first kappa shape index (κ1) is 13.3. The van der Waals surface area contributed by atoms with Gasteiger partial charge in [0, 0.05) is 23.7 Å². The van der Waals surface area contributed by atoms with Crippen LogP contribution in [0.2, 0.25) is 0 Å². The molecule has 0 unspecified atom stereocenters. The Hall–Kier alpha value is -2.68. The molecule has 1 aliphatic heterocycles. The Bertz CT molecular complexity index is 742. The van der Waals surface area contributed by atoms with Gasteiger partial charge in [-0.1, -0.05) is 48.0 Å². The van der Waals surface area contributed by atoms with E-state index in [1.165, 1.54) is 6.08 Å². The van der Waals surface area contributed by atoms with Crippen LogP contribution in [0.25, 0.3) is 0 Å². The van der Waals surface area contributed by atoms with Gasteiger partial charge in [-0.25, -0.2) is 0 Å². The van der Waals surface area contributed by atoms with E-state index >= 15 is 0 Å². The molecule has 0 bridgehead atoms. The first-order valence-corrected chi connectivity index (χ1v) is 6.84. The number of hydrogen-bond donors (Lipinski definition) is 1. The van der Waals surface area contributed by atoms with Crippen LogP contribution in [0.5, 0.6) is 0 Å². The van der Waals surface area contributed by atoms with E-state index in [0.717, 1.165) is 16.8 Å². The van der Waals surface area contributed by atoms with Crippen molar-refractivity contribution in [2.75, 3.05) is 5.32 Å². The highest BCUT2D eigenvalue weighted by Crippen LogP contribution is 2.23. The molecule has 0 atom stereocenters. The summed E-state index contributed by atoms with van der Waals surface area (Å²) in [6, 6.07) is 14.9. The first-order valence-electron chi connectivity index (χ1n) is 6.84. The summed E-state index contributed by atoms with van der Waals surface area (Å²) in [7, 11) is 0. The number of rotatable bonds is 2. The van der Waals surface area contributed by atoms with Crippen LogP contribution in [0.1, 0.15) is 21.5 Å². The minimum absolute atomic E-state index is 0.0667. The minimum atomic E-state index is -0.167. The van der Waals surface area contributed by atoms with E-state index < -0.39 is 0 Å². The highest BCUT2D eigenvalue weighted by atomic mass is 16.1. The molecular formula is C18H15NO2. The minimum Gasteiger partial charge on any atom is -0.352 e. The van der Waals surface area contributed by atoms with Crippen molar-refractivity contribution in [2.24, 2.45) is 0 Å². The molecule has 3 nitrogen and oxygen atoms in total. The highest BCUT2D eigenvalue weighted by molar-refractivity contribution is 6.14. The van der Waals surface area contributed by atoms with Crippen LogP contribution >= 0.6 is 0 Å². The van der Waals surface area contributed by atoms with E-state index in [9.17, 15) is 9.59 Å². The number of aryl methyl sites for hydroxylation is 1. The third-order valence-electron chi connectivity index (χ3n) is 3.52. The lowest BCUT2D eigenvalue weighted by atomic mass is 10.1. The van der Waals surface area contributed by atoms with E-state index in [1.54, 1.807) is 12.1 Å². The normalized spacial score (nSPS) is 13.8. The largest absolute Gasteiger partial charge is 0.352 e. The van der Waals surface area contributed by atoms with Crippen LogP contribution in [0, 0.1) is 6.92 Å². The standard InChI is InChI=1S/C18H15NO2/c1-12-6-8-13(9-7-12)18(21)17-11-15(20)10-14-4-2-3-5-16(14)19-17/h2-9,11,19H,10H2,1H3. The number of benzene rings is 2. The Morgan fingerprint density at radius 3 is 2.52 bits per heavy atom. The zero-order chi connectivity index (χ0) is 14.8. The fraction of sp³-hybridized carbons (Fsp3) is 0.111. The maximum absolute atomic E-state index is 12.5. The second kappa shape index (κ2) is 5.37. The van der Waals surface area contributed by atoms with Gasteiger partial charge >= 0.3 is 0 Å². The molecule has 2 aromatic carbocycles. The fourth-order valence-corrected chi connectivity index (χ4v) is 2.36. The molecule has 0 fully saturated rings. The van der Waals surface area contributed by atoms with Crippen molar-refractivity contribution in [2.45, 2.75) is 13.3 Å². The van der Waals surface area contributed by atoms with Gasteiger partial charge in [0.25, 0.3) is 0 Å². The van der Waals surface area contributed by atoms with Crippen LogP contribution in [-0.4, -0.2) is 11.6 Å². The number of carbonyl (C=O) groups excluding carboxylic acids is 2. The third kappa shape index (κ3) is 2.77. The van der Waals surface area contributed by atoms with E-state index in [1.807, 2.05) is 43.3 Å². The number of anilines is 1. The molecule has 1 aliphatic rings. The van der Waals surface area contributed by atoms with Crippen molar-refractivity contribution in [3.05, 3.63) is 77.0 Å². The first-order chi connectivity index (χ1) is 10.1. The summed E-state index contributed by atoms with van der Waals surface area (Å²) in [5.74, 6) is -0.233. The zero-order valence-corrected chi connectivity index (χ0v) is 11.7. The van der Waals surface area contributed by atoms with Gasteiger partial charge in [-0.2, -0.15) is 0 Å². The number of para-hydroxylation sites is 1. The SMILES string of the molecule is Cc1ccc(C(=O)C2=CC(=O)Cc3ccccc3N2)cc1. The molecular weight excluding hydrogens is 262 g/mol. The van der Waals surface area contributed by atoms with Crippen LogP contribution in [0.3, 0.4) is 0 Å². The Labute approximate surface area is 123 Å². The lowest BCUT2D eigenvalue weighted by Crippen LogP contribution is -2.12. The average molecular weight is 277 g/mol. The molecule has 0 radical (unpaired) electrons. The maximum atomic E-state index is 12.5. The van der Waals surface area contributed by atoms with Gasteiger partial charge in [-0.15, -0.1) is 0 Å². The number of hydrogen-bond acceptors (Lipinski definition) is 3. The number of Topliss-reactive ketones (excluding diaryl/α,β-unsaturated/α-hetero) is 1. The van der Waals surface area contributed by atoms with E-state index in [4.69, 9.17) is 0 Å². The number of carbonyl (C=O) groups is 2. The molecule has 1 heterocycles. The van der Waals surface area contributed by atoms with Gasteiger partial charge in [-0.05, 0) is 18.6 Å². The van der Waals surface area contributed by atoms with Crippen LogP contribution < -0.4 is 5.32 Å². The fourth-order valence-electron chi connectivity index (χ4n) is 2.36. The lowest BCUT2D eigenvalue weighted by Gasteiger charge is -2.10. The summed E-state index contributed by atoms with van der Waals surface area (Å²) in [6.07, 6.45) is 1.72. The maximum Gasteiger partial charge on any atom is 0.209 e. The Morgan fingerprint density at radius 1 is 1.05 bits per heavy atom. The van der Waals surface area contributed by atoms with Gasteiger partial charge in [0.05, 0.1) is 5.70 Å². The molecule has 0 amide bonds. The number of nitrogens with one attached hydrogen (secondary N) is 1. The van der Waals surface area contributed by atoms with Gasteiger partial charge in [0.1, 0.15) is 0 Å². The predicted molar refractivity (Wildman–Crippen MR) is 82.4 cm³/mol. The van der Waals surface area contributed by atoms with Crippen molar-refractivity contribution in [1.29, 1.82) is 0 Å². The van der Waals surface area contributed by atoms with Gasteiger partial charge in [0.2, 0.25) is 5.78 Å². The van der Waals surface area contributed by atoms with Gasteiger partial charge in [0.15, 0.2) is 5.78 Å². The summed E-state index contributed by atoms with van der Waals surface area (Å²) in [6.45, 7) is 1.97. The average Bonchev–Trinajstić information content (AvgIpc) is 2.65. The summed E-state index contributed by atoms with van der Waals surface area (Å²) in [4.78, 5) is 24.5. The third-order valence-corrected chi connectivity index (χ3v) is 3.52. The second-order valence-electron chi connectivity index (χ2n) is 5.18. The van der Waals surface area contributed by atoms with Crippen molar-refractivity contribution in [1.82, 2.24) is 0 Å². The molecule has 2 aromatic rings. The van der Waals surface area contributed by atoms with E-state index in [-0.39, 0.29) is 11.6 Å². The smallest absolute Gasteiger partial charge is 0.209 e. The molecule has 3 heteroatoms. The van der Waals surface area contributed by atoms with Crippen molar-refractivity contribution in [3.63, 3.8) is 0 Å². The Kier molecular flexibility index (Phi) is 3.40. The number of allylic oxidation sites excluding steroid dienone is 2. The predicted octanol–water partition coefficient (Wildman–Crippen LogP) is 3.30. The quantitative estimate of drug-likeness (QED) is 0.857. The zero-order valence-electron chi connectivity index (χ0n) is 11.7. The monoisotopic (exact) mass is 277 g/mol. The van der Waals surface area contributed by atoms with Crippen molar-refractivity contribution in [3.8, 4) is 0 Å². The molecule has 0 saturated carbocycles. The molecule has 1 N–H and O–H groups in total. The molecule has 0 aromatic heterocycles. The summed E-state index contributed by atoms with van der Waals surface area (Å²) < 4.78 is 0. The van der Waals surface area contributed by atoms with Crippen LogP contribution in [0.15, 0.2) is 60.3 Å².